The molecule has 1 aliphatic rings. The molecule has 0 aromatic heterocycles. The smallest absolute Gasteiger partial charge is 0.236 e. The Hall–Kier alpha value is -1.55. The number of benzene rings is 1. The molecule has 1 heterocycles. The zero-order valence-electron chi connectivity index (χ0n) is 13.1. The quantitative estimate of drug-likeness (QED) is 0.875. The molecule has 1 aromatic carbocycles. The van der Waals surface area contributed by atoms with Crippen molar-refractivity contribution in [3.05, 3.63) is 29.8 Å². The SMILES string of the molecule is CC(C)Oc1ccccc1CNCC(=O)N1CCCCC1. The second-order valence-electron chi connectivity index (χ2n) is 5.82. The van der Waals surface area contributed by atoms with E-state index in [1.54, 1.807) is 0 Å². The lowest BCUT2D eigenvalue weighted by atomic mass is 10.1. The zero-order chi connectivity index (χ0) is 15.1. The van der Waals surface area contributed by atoms with Crippen molar-refractivity contribution in [1.29, 1.82) is 0 Å². The highest BCUT2D eigenvalue weighted by atomic mass is 16.5. The molecule has 1 amide bonds. The average molecular weight is 290 g/mol. The van der Waals surface area contributed by atoms with Gasteiger partial charge in [0, 0.05) is 25.2 Å². The summed E-state index contributed by atoms with van der Waals surface area (Å²) in [6.07, 6.45) is 3.67. The lowest BCUT2D eigenvalue weighted by Gasteiger charge is -2.26. The first-order valence-corrected chi connectivity index (χ1v) is 7.90. The van der Waals surface area contributed by atoms with Gasteiger partial charge in [0.05, 0.1) is 12.6 Å². The van der Waals surface area contributed by atoms with Gasteiger partial charge in [-0.25, -0.2) is 0 Å². The third-order valence-corrected chi connectivity index (χ3v) is 3.64. The van der Waals surface area contributed by atoms with Crippen LogP contribution in [0.25, 0.3) is 0 Å². The summed E-state index contributed by atoms with van der Waals surface area (Å²) >= 11 is 0. The molecule has 0 atom stereocenters. The van der Waals surface area contributed by atoms with E-state index in [2.05, 4.69) is 5.32 Å². The van der Waals surface area contributed by atoms with E-state index in [4.69, 9.17) is 4.74 Å². The van der Waals surface area contributed by atoms with Crippen LogP contribution in [0.15, 0.2) is 24.3 Å². The van der Waals surface area contributed by atoms with E-state index in [9.17, 15) is 4.79 Å². The third kappa shape index (κ3) is 5.05. The summed E-state index contributed by atoms with van der Waals surface area (Å²) in [5.74, 6) is 1.10. The molecular weight excluding hydrogens is 264 g/mol. The third-order valence-electron chi connectivity index (χ3n) is 3.64. The van der Waals surface area contributed by atoms with E-state index in [1.165, 1.54) is 6.42 Å². The fraction of sp³-hybridized carbons (Fsp3) is 0.588. The lowest BCUT2D eigenvalue weighted by Crippen LogP contribution is -2.41. The number of nitrogens with one attached hydrogen (secondary N) is 1. The summed E-state index contributed by atoms with van der Waals surface area (Å²) in [7, 11) is 0. The fourth-order valence-electron chi connectivity index (χ4n) is 2.58. The predicted molar refractivity (Wildman–Crippen MR) is 84.3 cm³/mol. The molecule has 0 aliphatic carbocycles. The van der Waals surface area contributed by atoms with E-state index in [0.29, 0.717) is 13.1 Å². The maximum absolute atomic E-state index is 12.1. The Morgan fingerprint density at radius 1 is 1.24 bits per heavy atom. The van der Waals surface area contributed by atoms with Crippen LogP contribution in [0.5, 0.6) is 5.75 Å². The second kappa shape index (κ2) is 8.03. The summed E-state index contributed by atoms with van der Waals surface area (Å²) in [6, 6.07) is 7.98. The molecule has 4 nitrogen and oxygen atoms in total. The molecule has 1 aromatic rings. The van der Waals surface area contributed by atoms with Crippen molar-refractivity contribution >= 4 is 5.91 Å². The summed E-state index contributed by atoms with van der Waals surface area (Å²) in [5.41, 5.74) is 1.10. The van der Waals surface area contributed by atoms with Gasteiger partial charge in [0.1, 0.15) is 5.75 Å². The minimum Gasteiger partial charge on any atom is -0.491 e. The minimum absolute atomic E-state index is 0.154. The highest BCUT2D eigenvalue weighted by Crippen LogP contribution is 2.19. The first-order chi connectivity index (χ1) is 10.2. The van der Waals surface area contributed by atoms with Crippen molar-refractivity contribution in [1.82, 2.24) is 10.2 Å². The number of hydrogen-bond acceptors (Lipinski definition) is 3. The van der Waals surface area contributed by atoms with E-state index in [-0.39, 0.29) is 12.0 Å². The summed E-state index contributed by atoms with van der Waals surface area (Å²) in [6.45, 7) is 6.91. The van der Waals surface area contributed by atoms with Gasteiger partial charge in [-0.05, 0) is 39.2 Å². The second-order valence-corrected chi connectivity index (χ2v) is 5.82. The first kappa shape index (κ1) is 15.8. The monoisotopic (exact) mass is 290 g/mol. The molecule has 0 spiro atoms. The van der Waals surface area contributed by atoms with Crippen LogP contribution in [0.4, 0.5) is 0 Å². The van der Waals surface area contributed by atoms with Crippen LogP contribution in [0.1, 0.15) is 38.7 Å². The van der Waals surface area contributed by atoms with Gasteiger partial charge >= 0.3 is 0 Å². The number of hydrogen-bond donors (Lipinski definition) is 1. The van der Waals surface area contributed by atoms with Crippen LogP contribution < -0.4 is 10.1 Å². The molecule has 116 valence electrons. The van der Waals surface area contributed by atoms with E-state index >= 15 is 0 Å². The number of nitrogens with zero attached hydrogens (tertiary/aromatic N) is 1. The number of para-hydroxylation sites is 1. The molecule has 1 fully saturated rings. The van der Waals surface area contributed by atoms with Crippen molar-refractivity contribution in [2.24, 2.45) is 0 Å². The van der Waals surface area contributed by atoms with Gasteiger partial charge in [0.2, 0.25) is 5.91 Å². The van der Waals surface area contributed by atoms with Gasteiger partial charge in [-0.2, -0.15) is 0 Å². The van der Waals surface area contributed by atoms with Crippen LogP contribution in [-0.4, -0.2) is 36.5 Å². The number of carbonyl (C=O) groups is 1. The van der Waals surface area contributed by atoms with E-state index < -0.39 is 0 Å². The van der Waals surface area contributed by atoms with Gasteiger partial charge in [0.15, 0.2) is 0 Å². The molecule has 1 aliphatic heterocycles. The Balaban J connectivity index is 1.81. The number of rotatable bonds is 6. The first-order valence-electron chi connectivity index (χ1n) is 7.90. The molecule has 1 N–H and O–H groups in total. The standard InChI is InChI=1S/C17H26N2O2/c1-14(2)21-16-9-5-4-8-15(16)12-18-13-17(20)19-10-6-3-7-11-19/h4-5,8-9,14,18H,3,6-7,10-13H2,1-2H3. The number of ether oxygens (including phenoxy) is 1. The topological polar surface area (TPSA) is 41.6 Å². The van der Waals surface area contributed by atoms with Crippen LogP contribution in [-0.2, 0) is 11.3 Å². The number of carbonyl (C=O) groups excluding carboxylic acids is 1. The average Bonchev–Trinajstić information content (AvgIpc) is 2.49. The van der Waals surface area contributed by atoms with Crippen molar-refractivity contribution in [3.63, 3.8) is 0 Å². The van der Waals surface area contributed by atoms with Crippen LogP contribution >= 0.6 is 0 Å². The van der Waals surface area contributed by atoms with Crippen LogP contribution in [0, 0.1) is 0 Å². The Labute approximate surface area is 127 Å². The van der Waals surface area contributed by atoms with Crippen molar-refractivity contribution in [2.75, 3.05) is 19.6 Å². The van der Waals surface area contributed by atoms with E-state index in [1.807, 2.05) is 43.0 Å². The Morgan fingerprint density at radius 2 is 1.95 bits per heavy atom. The van der Waals surface area contributed by atoms with Crippen molar-refractivity contribution in [2.45, 2.75) is 45.8 Å². The molecule has 1 saturated heterocycles. The maximum Gasteiger partial charge on any atom is 0.236 e. The summed E-state index contributed by atoms with van der Waals surface area (Å²) < 4.78 is 5.78. The van der Waals surface area contributed by atoms with Gasteiger partial charge in [-0.3, -0.25) is 4.79 Å². The normalized spacial score (nSPS) is 15.3. The van der Waals surface area contributed by atoms with Gasteiger partial charge in [0.25, 0.3) is 0 Å². The van der Waals surface area contributed by atoms with Crippen molar-refractivity contribution < 1.29 is 9.53 Å². The van der Waals surface area contributed by atoms with Gasteiger partial charge < -0.3 is 15.0 Å². The molecule has 4 heteroatoms. The largest absolute Gasteiger partial charge is 0.491 e. The Bertz CT molecular complexity index is 454. The molecule has 21 heavy (non-hydrogen) atoms. The van der Waals surface area contributed by atoms with Gasteiger partial charge in [-0.1, -0.05) is 18.2 Å². The predicted octanol–water partition coefficient (Wildman–Crippen LogP) is 2.58. The molecule has 0 saturated carbocycles. The number of piperidine rings is 1. The Morgan fingerprint density at radius 3 is 2.67 bits per heavy atom. The Kier molecular flexibility index (Phi) is 6.05. The van der Waals surface area contributed by atoms with Crippen LogP contribution in [0.2, 0.25) is 0 Å². The zero-order valence-corrected chi connectivity index (χ0v) is 13.1. The van der Waals surface area contributed by atoms with Crippen LogP contribution in [0.3, 0.4) is 0 Å². The molecule has 0 unspecified atom stereocenters. The molecule has 2 rings (SSSR count). The highest BCUT2D eigenvalue weighted by molar-refractivity contribution is 5.78. The minimum atomic E-state index is 0.154. The highest BCUT2D eigenvalue weighted by Gasteiger charge is 2.15. The number of likely N-dealkylation sites (tertiary alicyclic amines) is 1. The summed E-state index contributed by atoms with van der Waals surface area (Å²) in [5, 5.41) is 3.24. The van der Waals surface area contributed by atoms with Crippen molar-refractivity contribution in [3.8, 4) is 5.75 Å². The number of amides is 1. The molecule has 0 radical (unpaired) electrons. The van der Waals surface area contributed by atoms with Gasteiger partial charge in [-0.15, -0.1) is 0 Å². The fourth-order valence-corrected chi connectivity index (χ4v) is 2.58. The van der Waals surface area contributed by atoms with E-state index in [0.717, 1.165) is 37.2 Å². The molecular formula is C17H26N2O2. The molecule has 0 bridgehead atoms. The maximum atomic E-state index is 12.1. The summed E-state index contributed by atoms with van der Waals surface area (Å²) in [4.78, 5) is 14.0. The lowest BCUT2D eigenvalue weighted by molar-refractivity contribution is -0.131.